The molecule has 29 heavy (non-hydrogen) atoms. The van der Waals surface area contributed by atoms with Crippen LogP contribution < -0.4 is 9.64 Å². The minimum atomic E-state index is -3.16. The van der Waals surface area contributed by atoms with Crippen LogP contribution in [0.15, 0.2) is 35.9 Å². The van der Waals surface area contributed by atoms with Gasteiger partial charge in [-0.3, -0.25) is 9.69 Å². The number of nitrogens with zero attached hydrogens (tertiary/aromatic N) is 2. The molecule has 0 bridgehead atoms. The monoisotopic (exact) mass is 418 g/mol. The number of hydrogen-bond donors (Lipinski definition) is 0. The number of carbonyl (C=O) groups excluding carboxylic acids is 1. The molecule has 0 aromatic heterocycles. The van der Waals surface area contributed by atoms with Crippen LogP contribution in [0.5, 0.6) is 5.75 Å². The molecule has 0 unspecified atom stereocenters. The summed E-state index contributed by atoms with van der Waals surface area (Å²) in [5.41, 5.74) is 2.20. The fourth-order valence-corrected chi connectivity index (χ4v) is 6.81. The number of hydrogen-bond acceptors (Lipinski definition) is 5. The Morgan fingerprint density at radius 2 is 1.86 bits per heavy atom. The number of allylic oxidation sites excluding steroid dienone is 1. The van der Waals surface area contributed by atoms with Crippen LogP contribution in [-0.4, -0.2) is 62.5 Å². The molecule has 0 spiro atoms. The zero-order valence-electron chi connectivity index (χ0n) is 17.0. The predicted molar refractivity (Wildman–Crippen MR) is 114 cm³/mol. The Labute approximate surface area is 173 Å². The van der Waals surface area contributed by atoms with E-state index < -0.39 is 9.84 Å². The van der Waals surface area contributed by atoms with Gasteiger partial charge in [0, 0.05) is 18.3 Å². The first-order valence-corrected chi connectivity index (χ1v) is 12.5. The van der Waals surface area contributed by atoms with Crippen LogP contribution in [0.3, 0.4) is 0 Å². The smallest absolute Gasteiger partial charge is 0.241 e. The van der Waals surface area contributed by atoms with Gasteiger partial charge in [-0.2, -0.15) is 0 Å². The highest BCUT2D eigenvalue weighted by atomic mass is 32.2. The lowest BCUT2D eigenvalue weighted by atomic mass is 9.96. The Hall–Kier alpha value is -1.86. The Morgan fingerprint density at radius 1 is 1.10 bits per heavy atom. The summed E-state index contributed by atoms with van der Waals surface area (Å²) in [5.74, 6) is 0.900. The van der Waals surface area contributed by atoms with E-state index in [0.29, 0.717) is 6.61 Å². The first-order chi connectivity index (χ1) is 14.0. The molecule has 158 valence electrons. The van der Waals surface area contributed by atoms with Crippen molar-refractivity contribution in [2.24, 2.45) is 0 Å². The highest BCUT2D eigenvalue weighted by molar-refractivity contribution is 7.91. The fourth-order valence-electron chi connectivity index (χ4n) is 4.83. The molecule has 0 N–H and O–H groups in total. The molecular formula is C22H30N2O4S. The van der Waals surface area contributed by atoms with Crippen molar-refractivity contribution in [3.8, 4) is 5.75 Å². The summed E-state index contributed by atoms with van der Waals surface area (Å²) < 4.78 is 30.4. The normalized spacial score (nSPS) is 26.9. The Balaban J connectivity index is 1.53. The average molecular weight is 419 g/mol. The van der Waals surface area contributed by atoms with Gasteiger partial charge in [0.25, 0.3) is 0 Å². The molecule has 3 aliphatic rings. The van der Waals surface area contributed by atoms with E-state index in [9.17, 15) is 13.2 Å². The number of rotatable bonds is 6. The molecule has 1 aromatic carbocycles. The number of benzene rings is 1. The summed E-state index contributed by atoms with van der Waals surface area (Å²) >= 11 is 0. The first kappa shape index (κ1) is 20.4. The van der Waals surface area contributed by atoms with Crippen LogP contribution in [-0.2, 0) is 14.6 Å². The average Bonchev–Trinajstić information content (AvgIpc) is 3.03. The maximum absolute atomic E-state index is 13.1. The number of amides is 1. The lowest BCUT2D eigenvalue weighted by Crippen LogP contribution is -2.62. The van der Waals surface area contributed by atoms with Crippen LogP contribution in [0.2, 0.25) is 0 Å². The van der Waals surface area contributed by atoms with Crippen LogP contribution >= 0.6 is 0 Å². The summed E-state index contributed by atoms with van der Waals surface area (Å²) in [4.78, 5) is 16.9. The summed E-state index contributed by atoms with van der Waals surface area (Å²) in [6.07, 6.45) is 8.01. The van der Waals surface area contributed by atoms with Gasteiger partial charge >= 0.3 is 0 Å². The third-order valence-electron chi connectivity index (χ3n) is 6.23. The van der Waals surface area contributed by atoms with Gasteiger partial charge in [0.05, 0.1) is 30.7 Å². The summed E-state index contributed by atoms with van der Waals surface area (Å²) in [6, 6.07) is 6.94. The Bertz CT molecular complexity index is 879. The minimum absolute atomic E-state index is 0.0230. The van der Waals surface area contributed by atoms with Gasteiger partial charge in [0.15, 0.2) is 9.84 Å². The Morgan fingerprint density at radius 3 is 2.55 bits per heavy atom. The van der Waals surface area contributed by atoms with E-state index in [1.54, 1.807) is 4.90 Å². The molecule has 1 amide bonds. The zero-order valence-corrected chi connectivity index (χ0v) is 17.9. The van der Waals surface area contributed by atoms with E-state index in [4.69, 9.17) is 4.74 Å². The lowest BCUT2D eigenvalue weighted by Gasteiger charge is -2.43. The van der Waals surface area contributed by atoms with E-state index in [-0.39, 0.29) is 36.0 Å². The van der Waals surface area contributed by atoms with Crippen LogP contribution in [0.1, 0.15) is 39.0 Å². The number of anilines is 1. The van der Waals surface area contributed by atoms with Crippen molar-refractivity contribution in [1.82, 2.24) is 4.90 Å². The van der Waals surface area contributed by atoms with Crippen molar-refractivity contribution in [3.05, 3.63) is 35.9 Å². The van der Waals surface area contributed by atoms with Gasteiger partial charge in [-0.05, 0) is 63.3 Å². The maximum Gasteiger partial charge on any atom is 0.241 e. The largest absolute Gasteiger partial charge is 0.494 e. The van der Waals surface area contributed by atoms with Gasteiger partial charge in [-0.1, -0.05) is 11.6 Å². The number of fused-ring (bicyclic) bond motifs is 1. The lowest BCUT2D eigenvalue weighted by molar-refractivity contribution is -0.123. The number of piperazine rings is 1. The molecule has 0 saturated carbocycles. The topological polar surface area (TPSA) is 66.9 Å². The summed E-state index contributed by atoms with van der Waals surface area (Å²) in [5, 5.41) is 0. The summed E-state index contributed by atoms with van der Waals surface area (Å²) in [6.45, 7) is 3.53. The molecule has 1 aliphatic carbocycles. The van der Waals surface area contributed by atoms with Gasteiger partial charge in [-0.25, -0.2) is 8.42 Å². The number of sulfone groups is 1. The summed E-state index contributed by atoms with van der Waals surface area (Å²) in [7, 11) is -3.16. The number of carbonyl (C=O) groups is 1. The molecule has 4 rings (SSSR count). The SMILES string of the molecule is CCOc1ccc(N2C(=O)CN(CCC3=CCCCC3)[C@H]3CS(=O)(=O)C[C@H]32)cc1. The second-order valence-corrected chi connectivity index (χ2v) is 10.4. The van der Waals surface area contributed by atoms with Crippen molar-refractivity contribution in [3.63, 3.8) is 0 Å². The van der Waals surface area contributed by atoms with E-state index in [1.807, 2.05) is 31.2 Å². The third kappa shape index (κ3) is 4.51. The van der Waals surface area contributed by atoms with E-state index >= 15 is 0 Å². The van der Waals surface area contributed by atoms with Crippen LogP contribution in [0.4, 0.5) is 5.69 Å². The van der Waals surface area contributed by atoms with Crippen molar-refractivity contribution < 1.29 is 17.9 Å². The third-order valence-corrected chi connectivity index (χ3v) is 7.93. The standard InChI is InChI=1S/C22H30N2O4S/c1-2-28-19-10-8-18(9-11-19)24-21-16-29(26,27)15-20(21)23(14-22(24)25)13-12-17-6-4-3-5-7-17/h6,8-11,20-21H,2-5,7,12-16H2,1H3/t20-,21+/m0/s1. The van der Waals surface area contributed by atoms with E-state index in [0.717, 1.165) is 37.2 Å². The van der Waals surface area contributed by atoms with Crippen molar-refractivity contribution in [1.29, 1.82) is 0 Å². The molecule has 2 fully saturated rings. The minimum Gasteiger partial charge on any atom is -0.494 e. The quantitative estimate of drug-likeness (QED) is 0.665. The zero-order chi connectivity index (χ0) is 20.4. The van der Waals surface area contributed by atoms with Crippen molar-refractivity contribution >= 4 is 21.4 Å². The molecule has 2 heterocycles. The van der Waals surface area contributed by atoms with E-state index in [1.165, 1.54) is 18.4 Å². The van der Waals surface area contributed by atoms with E-state index in [2.05, 4.69) is 11.0 Å². The molecule has 7 heteroatoms. The second-order valence-electron chi connectivity index (χ2n) is 8.23. The van der Waals surface area contributed by atoms with Crippen LogP contribution in [0, 0.1) is 0 Å². The fraction of sp³-hybridized carbons (Fsp3) is 0.591. The van der Waals surface area contributed by atoms with Gasteiger partial charge < -0.3 is 9.64 Å². The molecule has 0 radical (unpaired) electrons. The predicted octanol–water partition coefficient (Wildman–Crippen LogP) is 2.79. The van der Waals surface area contributed by atoms with Gasteiger partial charge in [0.2, 0.25) is 5.91 Å². The molecule has 1 aromatic rings. The molecular weight excluding hydrogens is 388 g/mol. The molecule has 2 aliphatic heterocycles. The molecule has 2 atom stereocenters. The molecule has 6 nitrogen and oxygen atoms in total. The highest BCUT2D eigenvalue weighted by Crippen LogP contribution is 2.33. The highest BCUT2D eigenvalue weighted by Gasteiger charge is 2.49. The molecule has 2 saturated heterocycles. The first-order valence-electron chi connectivity index (χ1n) is 10.6. The van der Waals surface area contributed by atoms with Crippen molar-refractivity contribution in [2.75, 3.05) is 36.1 Å². The van der Waals surface area contributed by atoms with Crippen molar-refractivity contribution in [2.45, 2.75) is 51.1 Å². The van der Waals surface area contributed by atoms with Gasteiger partial charge in [-0.15, -0.1) is 0 Å². The second kappa shape index (κ2) is 8.48. The number of ether oxygens (including phenoxy) is 1. The maximum atomic E-state index is 13.1. The Kier molecular flexibility index (Phi) is 5.97. The van der Waals surface area contributed by atoms with Crippen LogP contribution in [0.25, 0.3) is 0 Å². The van der Waals surface area contributed by atoms with Gasteiger partial charge in [0.1, 0.15) is 5.75 Å².